The highest BCUT2D eigenvalue weighted by Gasteiger charge is 2.29. The zero-order valence-electron chi connectivity index (χ0n) is 17.2. The summed E-state index contributed by atoms with van der Waals surface area (Å²) >= 11 is 0. The van der Waals surface area contributed by atoms with E-state index < -0.39 is 5.97 Å². The third-order valence-electron chi connectivity index (χ3n) is 4.98. The quantitative estimate of drug-likeness (QED) is 0.395. The highest BCUT2D eigenvalue weighted by Crippen LogP contribution is 2.20. The maximum atomic E-state index is 13.0. The lowest BCUT2D eigenvalue weighted by atomic mass is 10.0. The molecule has 1 heterocycles. The van der Waals surface area contributed by atoms with Gasteiger partial charge in [0.1, 0.15) is 18.9 Å². The van der Waals surface area contributed by atoms with Gasteiger partial charge in [-0.3, -0.25) is 4.79 Å². The number of likely N-dealkylation sites (N-methyl/N-ethyl adjacent to an activating group) is 1. The second kappa shape index (κ2) is 9.37. The highest BCUT2D eigenvalue weighted by atomic mass is 16.5. The number of carbonyl (C=O) groups is 2. The van der Waals surface area contributed by atoms with Crippen molar-refractivity contribution < 1.29 is 24.0 Å². The minimum Gasteiger partial charge on any atom is -0.490 e. The molecule has 0 amide bonds. The first-order chi connectivity index (χ1) is 13.3. The Morgan fingerprint density at radius 3 is 2.46 bits per heavy atom. The van der Waals surface area contributed by atoms with Gasteiger partial charge in [0.15, 0.2) is 6.04 Å². The van der Waals surface area contributed by atoms with Crippen LogP contribution >= 0.6 is 0 Å². The molecule has 28 heavy (non-hydrogen) atoms. The predicted octanol–water partition coefficient (Wildman–Crippen LogP) is 2.27. The molecule has 0 aliphatic rings. The van der Waals surface area contributed by atoms with Gasteiger partial charge in [0, 0.05) is 11.3 Å². The van der Waals surface area contributed by atoms with Gasteiger partial charge in [-0.1, -0.05) is 12.7 Å². The Kier molecular flexibility index (Phi) is 7.18. The highest BCUT2D eigenvalue weighted by molar-refractivity contribution is 6.03. The van der Waals surface area contributed by atoms with Crippen molar-refractivity contribution in [3.63, 3.8) is 0 Å². The first kappa shape index (κ1) is 21.4. The molecule has 0 aliphatic carbocycles. The molecule has 0 saturated heterocycles. The first-order valence-corrected chi connectivity index (χ1v) is 9.26. The number of hydrogen-bond acceptors (Lipinski definition) is 4. The van der Waals surface area contributed by atoms with Gasteiger partial charge >= 0.3 is 5.97 Å². The average molecular weight is 385 g/mol. The van der Waals surface area contributed by atoms with Crippen molar-refractivity contribution in [3.05, 3.63) is 65.0 Å². The van der Waals surface area contributed by atoms with Crippen molar-refractivity contribution in [2.24, 2.45) is 0 Å². The molecule has 0 saturated carbocycles. The van der Waals surface area contributed by atoms with Crippen LogP contribution in [-0.4, -0.2) is 43.5 Å². The van der Waals surface area contributed by atoms with Crippen molar-refractivity contribution in [3.8, 4) is 5.75 Å². The molecule has 0 bridgehead atoms. The molecule has 0 spiro atoms. The third-order valence-corrected chi connectivity index (χ3v) is 4.98. The molecular formula is C22H29N2O4+. The van der Waals surface area contributed by atoms with Crippen molar-refractivity contribution in [2.75, 3.05) is 20.8 Å². The first-order valence-electron chi connectivity index (χ1n) is 9.26. The SMILES string of the molecule is C=CCOc1ccc(C[NH+](C)[C@@H](C)C(=O)c2[nH]c(C)c(C(=O)OC)c2C)cc1. The van der Waals surface area contributed by atoms with E-state index in [0.29, 0.717) is 35.7 Å². The van der Waals surface area contributed by atoms with Crippen molar-refractivity contribution in [1.82, 2.24) is 4.98 Å². The molecule has 2 aromatic rings. The summed E-state index contributed by atoms with van der Waals surface area (Å²) in [6.07, 6.45) is 1.70. The molecule has 150 valence electrons. The van der Waals surface area contributed by atoms with E-state index in [-0.39, 0.29) is 11.8 Å². The average Bonchev–Trinajstić information content (AvgIpc) is 2.99. The molecule has 0 radical (unpaired) electrons. The molecule has 0 fully saturated rings. The monoisotopic (exact) mass is 385 g/mol. The van der Waals surface area contributed by atoms with Crippen LogP contribution in [0.25, 0.3) is 0 Å². The van der Waals surface area contributed by atoms with Crippen LogP contribution in [0.15, 0.2) is 36.9 Å². The molecule has 1 unspecified atom stereocenters. The summed E-state index contributed by atoms with van der Waals surface area (Å²) in [4.78, 5) is 29.1. The minimum atomic E-state index is -0.433. The number of methoxy groups -OCH3 is 1. The normalized spacial score (nSPS) is 12.9. The van der Waals surface area contributed by atoms with Crippen LogP contribution in [-0.2, 0) is 11.3 Å². The summed E-state index contributed by atoms with van der Waals surface area (Å²) in [5.74, 6) is 0.329. The molecule has 6 nitrogen and oxygen atoms in total. The number of aromatic nitrogens is 1. The van der Waals surface area contributed by atoms with E-state index in [2.05, 4.69) is 11.6 Å². The number of carbonyl (C=O) groups excluding carboxylic acids is 2. The molecule has 2 rings (SSSR count). The molecule has 2 N–H and O–H groups in total. The number of nitrogens with one attached hydrogen (secondary N) is 2. The van der Waals surface area contributed by atoms with Crippen LogP contribution in [0.3, 0.4) is 0 Å². The van der Waals surface area contributed by atoms with Gasteiger partial charge in [0.05, 0.1) is 25.4 Å². The second-order valence-electron chi connectivity index (χ2n) is 6.97. The number of aromatic amines is 1. The summed E-state index contributed by atoms with van der Waals surface area (Å²) in [6, 6.07) is 7.55. The van der Waals surface area contributed by atoms with E-state index in [4.69, 9.17) is 9.47 Å². The lowest BCUT2D eigenvalue weighted by Crippen LogP contribution is -3.12. The topological polar surface area (TPSA) is 72.8 Å². The van der Waals surface area contributed by atoms with Gasteiger partial charge in [-0.05, 0) is 50.6 Å². The Balaban J connectivity index is 2.10. The number of benzene rings is 1. The van der Waals surface area contributed by atoms with Gasteiger partial charge < -0.3 is 19.4 Å². The van der Waals surface area contributed by atoms with Crippen LogP contribution < -0.4 is 9.64 Å². The lowest BCUT2D eigenvalue weighted by Gasteiger charge is -2.21. The van der Waals surface area contributed by atoms with Crippen molar-refractivity contribution in [2.45, 2.75) is 33.4 Å². The number of aryl methyl sites for hydroxylation is 1. The zero-order valence-corrected chi connectivity index (χ0v) is 17.2. The van der Waals surface area contributed by atoms with Gasteiger partial charge in [-0.2, -0.15) is 0 Å². The van der Waals surface area contributed by atoms with Crippen LogP contribution in [0.5, 0.6) is 5.75 Å². The summed E-state index contributed by atoms with van der Waals surface area (Å²) in [7, 11) is 3.32. The molecule has 1 aromatic heterocycles. The van der Waals surface area contributed by atoms with E-state index >= 15 is 0 Å². The Bertz CT molecular complexity index is 852. The number of quaternary nitrogens is 1. The Hall–Kier alpha value is -2.86. The van der Waals surface area contributed by atoms with E-state index in [1.165, 1.54) is 7.11 Å². The summed E-state index contributed by atoms with van der Waals surface area (Å²) in [6.45, 7) is 10.2. The number of ether oxygens (including phenoxy) is 2. The number of ketones is 1. The molecule has 2 atom stereocenters. The number of H-pyrrole nitrogens is 1. The molecular weight excluding hydrogens is 356 g/mol. The Morgan fingerprint density at radius 1 is 1.25 bits per heavy atom. The predicted molar refractivity (Wildman–Crippen MR) is 108 cm³/mol. The van der Waals surface area contributed by atoms with E-state index in [1.807, 2.05) is 38.2 Å². The smallest absolute Gasteiger partial charge is 0.339 e. The van der Waals surface area contributed by atoms with Gasteiger partial charge in [0.25, 0.3) is 0 Å². The number of Topliss-reactive ketones (excluding diaryl/α,β-unsaturated/α-hetero) is 1. The fraction of sp³-hybridized carbons (Fsp3) is 0.364. The Morgan fingerprint density at radius 2 is 1.89 bits per heavy atom. The molecule has 0 aliphatic heterocycles. The van der Waals surface area contributed by atoms with E-state index in [0.717, 1.165) is 16.2 Å². The van der Waals surface area contributed by atoms with Crippen LogP contribution in [0.1, 0.15) is 44.6 Å². The maximum absolute atomic E-state index is 13.0. The van der Waals surface area contributed by atoms with Crippen molar-refractivity contribution in [1.29, 1.82) is 0 Å². The Labute approximate surface area is 166 Å². The zero-order chi connectivity index (χ0) is 20.8. The number of hydrogen-bond donors (Lipinski definition) is 2. The number of rotatable bonds is 9. The number of esters is 1. The molecule has 6 heteroatoms. The fourth-order valence-electron chi connectivity index (χ4n) is 3.18. The second-order valence-corrected chi connectivity index (χ2v) is 6.97. The van der Waals surface area contributed by atoms with Crippen LogP contribution in [0.2, 0.25) is 0 Å². The van der Waals surface area contributed by atoms with Crippen LogP contribution in [0, 0.1) is 13.8 Å². The van der Waals surface area contributed by atoms with Crippen LogP contribution in [0.4, 0.5) is 0 Å². The maximum Gasteiger partial charge on any atom is 0.339 e. The van der Waals surface area contributed by atoms with E-state index in [9.17, 15) is 9.59 Å². The molecule has 1 aromatic carbocycles. The van der Waals surface area contributed by atoms with E-state index in [1.54, 1.807) is 19.9 Å². The van der Waals surface area contributed by atoms with Gasteiger partial charge in [-0.25, -0.2) is 4.79 Å². The standard InChI is InChI=1S/C22H28N2O4/c1-7-12-28-18-10-8-17(9-11-18)13-24(5)16(4)21(25)20-14(2)19(15(3)23-20)22(26)27-6/h7-11,16,23H,1,12-13H2,2-6H3/p+1/t16-/m0/s1. The fourth-order valence-corrected chi connectivity index (χ4v) is 3.18. The summed E-state index contributed by atoms with van der Waals surface area (Å²) in [5, 5.41) is 0. The van der Waals surface area contributed by atoms with Crippen molar-refractivity contribution >= 4 is 11.8 Å². The minimum absolute atomic E-state index is 0.0285. The third kappa shape index (κ3) is 4.70. The van der Waals surface area contributed by atoms with Gasteiger partial charge in [0.2, 0.25) is 5.78 Å². The largest absolute Gasteiger partial charge is 0.490 e. The lowest BCUT2D eigenvalue weighted by molar-refractivity contribution is -0.907. The summed E-state index contributed by atoms with van der Waals surface area (Å²) < 4.78 is 10.3. The summed E-state index contributed by atoms with van der Waals surface area (Å²) in [5.41, 5.74) is 3.30. The van der Waals surface area contributed by atoms with Gasteiger partial charge in [-0.15, -0.1) is 0 Å².